The predicted octanol–water partition coefficient (Wildman–Crippen LogP) is 1.21. The summed E-state index contributed by atoms with van der Waals surface area (Å²) in [6.07, 6.45) is 5.40. The monoisotopic (exact) mass is 284 g/mol. The van der Waals surface area contributed by atoms with Gasteiger partial charge in [0.05, 0.1) is 0 Å². The summed E-state index contributed by atoms with van der Waals surface area (Å²) >= 11 is 0. The summed E-state index contributed by atoms with van der Waals surface area (Å²) < 4.78 is 4.84. The van der Waals surface area contributed by atoms with E-state index in [1.54, 1.807) is 0 Å². The SMILES string of the molecule is COCCC(NC(=O)NCC1CC2CCC1C2)C(=O)O. The molecule has 2 bridgehead atoms. The molecule has 2 fully saturated rings. The number of carboxylic acid groups (broad SMARTS) is 1. The van der Waals surface area contributed by atoms with Crippen LogP contribution in [0.15, 0.2) is 0 Å². The minimum atomic E-state index is -1.03. The predicted molar refractivity (Wildman–Crippen MR) is 73.4 cm³/mol. The van der Waals surface area contributed by atoms with E-state index in [1.807, 2.05) is 0 Å². The first-order chi connectivity index (χ1) is 9.60. The van der Waals surface area contributed by atoms with Gasteiger partial charge in [0.2, 0.25) is 0 Å². The Bertz CT molecular complexity index is 361. The molecule has 2 aliphatic carbocycles. The van der Waals surface area contributed by atoms with Gasteiger partial charge in [-0.3, -0.25) is 0 Å². The van der Waals surface area contributed by atoms with Crippen LogP contribution in [0.4, 0.5) is 4.79 Å². The van der Waals surface area contributed by atoms with Crippen LogP contribution in [0.2, 0.25) is 0 Å². The fraction of sp³-hybridized carbons (Fsp3) is 0.857. The smallest absolute Gasteiger partial charge is 0.326 e. The molecule has 2 amide bonds. The number of carboxylic acids is 1. The maximum absolute atomic E-state index is 11.8. The number of rotatable bonds is 7. The average molecular weight is 284 g/mol. The zero-order valence-corrected chi connectivity index (χ0v) is 11.9. The quantitative estimate of drug-likeness (QED) is 0.656. The molecule has 0 heterocycles. The van der Waals surface area contributed by atoms with Gasteiger partial charge < -0.3 is 20.5 Å². The second-order valence-electron chi connectivity index (χ2n) is 5.96. The van der Waals surface area contributed by atoms with Gasteiger partial charge >= 0.3 is 12.0 Å². The summed E-state index contributed by atoms with van der Waals surface area (Å²) in [5, 5.41) is 14.3. The second-order valence-corrected chi connectivity index (χ2v) is 5.96. The molecule has 0 radical (unpaired) electrons. The van der Waals surface area contributed by atoms with E-state index in [2.05, 4.69) is 10.6 Å². The van der Waals surface area contributed by atoms with E-state index < -0.39 is 18.0 Å². The highest BCUT2D eigenvalue weighted by molar-refractivity contribution is 5.82. The summed E-state index contributed by atoms with van der Waals surface area (Å²) in [6, 6.07) is -1.29. The van der Waals surface area contributed by atoms with Crippen LogP contribution in [0.3, 0.4) is 0 Å². The van der Waals surface area contributed by atoms with Crippen molar-refractivity contribution in [1.82, 2.24) is 10.6 Å². The van der Waals surface area contributed by atoms with E-state index in [4.69, 9.17) is 9.84 Å². The molecule has 6 nitrogen and oxygen atoms in total. The van der Waals surface area contributed by atoms with Crippen LogP contribution in [-0.4, -0.2) is 43.4 Å². The molecule has 2 aliphatic rings. The van der Waals surface area contributed by atoms with Gasteiger partial charge in [0, 0.05) is 26.7 Å². The van der Waals surface area contributed by atoms with E-state index in [-0.39, 0.29) is 6.42 Å². The third kappa shape index (κ3) is 3.85. The van der Waals surface area contributed by atoms with Crippen molar-refractivity contribution >= 4 is 12.0 Å². The zero-order chi connectivity index (χ0) is 14.5. The molecule has 4 atom stereocenters. The van der Waals surface area contributed by atoms with Crippen molar-refractivity contribution in [2.45, 2.75) is 38.1 Å². The van der Waals surface area contributed by atoms with Gasteiger partial charge in [-0.1, -0.05) is 6.42 Å². The number of ether oxygens (including phenoxy) is 1. The number of carbonyl (C=O) groups is 2. The number of urea groups is 1. The van der Waals surface area contributed by atoms with Gasteiger partial charge in [0.25, 0.3) is 0 Å². The molecule has 2 rings (SSSR count). The summed E-state index contributed by atoms with van der Waals surface area (Å²) in [5.41, 5.74) is 0. The number of hydrogen-bond donors (Lipinski definition) is 3. The van der Waals surface area contributed by atoms with Crippen LogP contribution in [0.1, 0.15) is 32.1 Å². The van der Waals surface area contributed by atoms with E-state index in [9.17, 15) is 9.59 Å². The summed E-state index contributed by atoms with van der Waals surface area (Å²) in [5.74, 6) is 1.14. The highest BCUT2D eigenvalue weighted by Gasteiger charge is 2.39. The van der Waals surface area contributed by atoms with Gasteiger partial charge in [-0.15, -0.1) is 0 Å². The lowest BCUT2D eigenvalue weighted by Gasteiger charge is -2.22. The lowest BCUT2D eigenvalue weighted by molar-refractivity contribution is -0.139. The van der Waals surface area contributed by atoms with Crippen molar-refractivity contribution < 1.29 is 19.4 Å². The summed E-state index contributed by atoms with van der Waals surface area (Å²) in [6.45, 7) is 0.966. The van der Waals surface area contributed by atoms with Crippen molar-refractivity contribution in [2.24, 2.45) is 17.8 Å². The molecular formula is C14H24N2O4. The Morgan fingerprint density at radius 3 is 2.70 bits per heavy atom. The maximum atomic E-state index is 11.8. The van der Waals surface area contributed by atoms with E-state index in [0.29, 0.717) is 19.1 Å². The highest BCUT2D eigenvalue weighted by atomic mass is 16.5. The Balaban J connectivity index is 1.69. The van der Waals surface area contributed by atoms with Crippen molar-refractivity contribution in [2.75, 3.05) is 20.3 Å². The number of hydrogen-bond acceptors (Lipinski definition) is 3. The molecule has 0 spiro atoms. The Hall–Kier alpha value is -1.30. The lowest BCUT2D eigenvalue weighted by atomic mass is 9.89. The van der Waals surface area contributed by atoms with Crippen LogP contribution in [0.5, 0.6) is 0 Å². The summed E-state index contributed by atoms with van der Waals surface area (Å²) in [4.78, 5) is 22.8. The Morgan fingerprint density at radius 2 is 2.15 bits per heavy atom. The van der Waals surface area contributed by atoms with Gasteiger partial charge in [-0.25, -0.2) is 9.59 Å². The Labute approximate surface area is 119 Å². The zero-order valence-electron chi connectivity index (χ0n) is 11.9. The second kappa shape index (κ2) is 6.92. The van der Waals surface area contributed by atoms with Crippen LogP contribution >= 0.6 is 0 Å². The van der Waals surface area contributed by atoms with Crippen molar-refractivity contribution in [3.8, 4) is 0 Å². The van der Waals surface area contributed by atoms with Crippen molar-refractivity contribution in [3.63, 3.8) is 0 Å². The molecule has 114 valence electrons. The van der Waals surface area contributed by atoms with Gasteiger partial charge in [0.1, 0.15) is 6.04 Å². The van der Waals surface area contributed by atoms with E-state index in [1.165, 1.54) is 32.8 Å². The third-order valence-corrected chi connectivity index (χ3v) is 4.62. The fourth-order valence-electron chi connectivity index (χ4n) is 3.55. The van der Waals surface area contributed by atoms with E-state index in [0.717, 1.165) is 11.8 Å². The third-order valence-electron chi connectivity index (χ3n) is 4.62. The number of aliphatic carboxylic acids is 1. The molecule has 3 N–H and O–H groups in total. The average Bonchev–Trinajstić information content (AvgIpc) is 3.03. The minimum absolute atomic E-state index is 0.271. The van der Waals surface area contributed by atoms with Crippen molar-refractivity contribution in [3.05, 3.63) is 0 Å². The molecule has 0 aromatic heterocycles. The Kier molecular flexibility index (Phi) is 5.23. The number of carbonyl (C=O) groups excluding carboxylic acids is 1. The summed E-state index contributed by atoms with van der Waals surface area (Å²) in [7, 11) is 1.51. The molecule has 0 aromatic carbocycles. The standard InChI is InChI=1S/C14H24N2O4/c1-20-5-4-12(13(17)18)16-14(19)15-8-11-7-9-2-3-10(11)6-9/h9-12H,2-8H2,1H3,(H,17,18)(H2,15,16,19). The molecule has 2 saturated carbocycles. The lowest BCUT2D eigenvalue weighted by Crippen LogP contribution is -2.47. The normalized spacial score (nSPS) is 29.1. The fourth-order valence-corrected chi connectivity index (χ4v) is 3.55. The largest absolute Gasteiger partial charge is 0.480 e. The van der Waals surface area contributed by atoms with Crippen LogP contribution < -0.4 is 10.6 Å². The van der Waals surface area contributed by atoms with Crippen LogP contribution in [0.25, 0.3) is 0 Å². The molecule has 0 aliphatic heterocycles. The molecule has 0 aromatic rings. The van der Waals surface area contributed by atoms with Gasteiger partial charge in [-0.05, 0) is 37.0 Å². The number of nitrogens with one attached hydrogen (secondary N) is 2. The molecule has 0 saturated heterocycles. The first-order valence-electron chi connectivity index (χ1n) is 7.36. The molecule has 6 heteroatoms. The minimum Gasteiger partial charge on any atom is -0.480 e. The van der Waals surface area contributed by atoms with Crippen LogP contribution in [-0.2, 0) is 9.53 Å². The highest BCUT2D eigenvalue weighted by Crippen LogP contribution is 2.47. The van der Waals surface area contributed by atoms with Gasteiger partial charge in [0.15, 0.2) is 0 Å². The van der Waals surface area contributed by atoms with Crippen molar-refractivity contribution in [1.29, 1.82) is 0 Å². The van der Waals surface area contributed by atoms with Gasteiger partial charge in [-0.2, -0.15) is 0 Å². The molecule has 4 unspecified atom stereocenters. The number of fused-ring (bicyclic) bond motifs is 2. The topological polar surface area (TPSA) is 87.7 Å². The van der Waals surface area contributed by atoms with E-state index >= 15 is 0 Å². The van der Waals surface area contributed by atoms with Crippen LogP contribution in [0, 0.1) is 17.8 Å². The maximum Gasteiger partial charge on any atom is 0.326 e. The number of methoxy groups -OCH3 is 1. The first-order valence-corrected chi connectivity index (χ1v) is 7.36. The number of amides is 2. The molecule has 20 heavy (non-hydrogen) atoms. The molecular weight excluding hydrogens is 260 g/mol. The first kappa shape index (κ1) is 15.1. The Morgan fingerprint density at radius 1 is 1.35 bits per heavy atom.